The van der Waals surface area contributed by atoms with E-state index in [1.54, 1.807) is 7.11 Å². The molecule has 1 atom stereocenters. The van der Waals surface area contributed by atoms with Gasteiger partial charge in [-0.1, -0.05) is 25.0 Å². The van der Waals surface area contributed by atoms with Crippen LogP contribution in [-0.2, 0) is 10.2 Å². The zero-order valence-corrected chi connectivity index (χ0v) is 13.2. The molecule has 0 heterocycles. The van der Waals surface area contributed by atoms with Gasteiger partial charge in [0.1, 0.15) is 5.75 Å². The number of carbonyl (C=O) groups excluding carboxylic acids is 1. The number of likely N-dealkylation sites (N-methyl/N-ethyl adjacent to an activating group) is 1. The van der Waals surface area contributed by atoms with Crippen LogP contribution < -0.4 is 15.4 Å². The standard InChI is InChI=1S/C17H26N2O2/c1-13(18-2)12-19-16(20)17(9-4-5-10-17)14-7-6-8-15(11-14)21-3/h6-8,11,13,18H,4-5,9-10,12H2,1-3H3,(H,19,20). The van der Waals surface area contributed by atoms with Crippen molar-refractivity contribution in [1.82, 2.24) is 10.6 Å². The average Bonchev–Trinajstić information content (AvgIpc) is 3.03. The third-order valence-corrected chi connectivity index (χ3v) is 4.58. The lowest BCUT2D eigenvalue weighted by molar-refractivity contribution is -0.126. The number of ether oxygens (including phenoxy) is 1. The number of hydrogen-bond acceptors (Lipinski definition) is 3. The fourth-order valence-electron chi connectivity index (χ4n) is 3.06. The van der Waals surface area contributed by atoms with Crippen molar-refractivity contribution in [2.24, 2.45) is 0 Å². The van der Waals surface area contributed by atoms with E-state index in [9.17, 15) is 4.79 Å². The summed E-state index contributed by atoms with van der Waals surface area (Å²) in [6.45, 7) is 2.72. The van der Waals surface area contributed by atoms with Gasteiger partial charge >= 0.3 is 0 Å². The van der Waals surface area contributed by atoms with Crippen molar-refractivity contribution in [2.75, 3.05) is 20.7 Å². The molecule has 0 radical (unpaired) electrons. The molecule has 21 heavy (non-hydrogen) atoms. The summed E-state index contributed by atoms with van der Waals surface area (Å²) in [6, 6.07) is 8.23. The van der Waals surface area contributed by atoms with Crippen molar-refractivity contribution in [2.45, 2.75) is 44.1 Å². The summed E-state index contributed by atoms with van der Waals surface area (Å²) in [4.78, 5) is 12.8. The number of hydrogen-bond donors (Lipinski definition) is 2. The summed E-state index contributed by atoms with van der Waals surface area (Å²) >= 11 is 0. The topological polar surface area (TPSA) is 50.4 Å². The Kier molecular flexibility index (Phi) is 5.23. The molecule has 4 heteroatoms. The van der Waals surface area contributed by atoms with E-state index in [4.69, 9.17) is 4.74 Å². The Bertz CT molecular complexity index is 481. The molecule has 0 aliphatic heterocycles. The Morgan fingerprint density at radius 3 is 2.71 bits per heavy atom. The second-order valence-corrected chi connectivity index (χ2v) is 5.92. The van der Waals surface area contributed by atoms with Gasteiger partial charge in [-0.05, 0) is 44.5 Å². The first kappa shape index (κ1) is 15.8. The van der Waals surface area contributed by atoms with Gasteiger partial charge in [0.2, 0.25) is 5.91 Å². The number of methoxy groups -OCH3 is 1. The lowest BCUT2D eigenvalue weighted by Crippen LogP contribution is -2.46. The van der Waals surface area contributed by atoms with Crippen molar-refractivity contribution < 1.29 is 9.53 Å². The monoisotopic (exact) mass is 290 g/mol. The van der Waals surface area contributed by atoms with Gasteiger partial charge in [-0.3, -0.25) is 4.79 Å². The normalized spacial score (nSPS) is 18.2. The van der Waals surface area contributed by atoms with Crippen molar-refractivity contribution in [3.8, 4) is 5.75 Å². The van der Waals surface area contributed by atoms with E-state index in [2.05, 4.69) is 23.6 Å². The summed E-state index contributed by atoms with van der Waals surface area (Å²) in [5.74, 6) is 0.963. The predicted octanol–water partition coefficient (Wildman–Crippen LogP) is 2.23. The molecule has 4 nitrogen and oxygen atoms in total. The third-order valence-electron chi connectivity index (χ3n) is 4.58. The summed E-state index contributed by atoms with van der Waals surface area (Å²) in [7, 11) is 3.57. The molecule has 116 valence electrons. The van der Waals surface area contributed by atoms with Crippen molar-refractivity contribution in [3.05, 3.63) is 29.8 Å². The van der Waals surface area contributed by atoms with E-state index in [0.29, 0.717) is 6.54 Å². The van der Waals surface area contributed by atoms with Crippen LogP contribution in [0.3, 0.4) is 0 Å². The van der Waals surface area contributed by atoms with E-state index in [1.807, 2.05) is 25.2 Å². The fraction of sp³-hybridized carbons (Fsp3) is 0.588. The summed E-state index contributed by atoms with van der Waals surface area (Å²) in [5, 5.41) is 6.26. The zero-order chi connectivity index (χ0) is 15.3. The number of benzene rings is 1. The summed E-state index contributed by atoms with van der Waals surface area (Å²) < 4.78 is 5.31. The van der Waals surface area contributed by atoms with Gasteiger partial charge < -0.3 is 15.4 Å². The number of carbonyl (C=O) groups is 1. The molecule has 1 unspecified atom stereocenters. The minimum Gasteiger partial charge on any atom is -0.497 e. The maximum atomic E-state index is 12.8. The molecule has 1 aromatic rings. The molecular weight excluding hydrogens is 264 g/mol. The van der Waals surface area contributed by atoms with Gasteiger partial charge in [0.15, 0.2) is 0 Å². The maximum Gasteiger partial charge on any atom is 0.230 e. The summed E-state index contributed by atoms with van der Waals surface area (Å²) in [6.07, 6.45) is 4.04. The van der Waals surface area contributed by atoms with Crippen LogP contribution in [0.2, 0.25) is 0 Å². The molecule has 2 rings (SSSR count). The van der Waals surface area contributed by atoms with E-state index in [-0.39, 0.29) is 17.4 Å². The molecule has 1 amide bonds. The van der Waals surface area contributed by atoms with Gasteiger partial charge in [-0.15, -0.1) is 0 Å². The first-order valence-electron chi connectivity index (χ1n) is 7.72. The molecular formula is C17H26N2O2. The Labute approximate surface area is 127 Å². The van der Waals surface area contributed by atoms with Gasteiger partial charge in [0.25, 0.3) is 0 Å². The Morgan fingerprint density at radius 2 is 2.10 bits per heavy atom. The minimum atomic E-state index is -0.387. The maximum absolute atomic E-state index is 12.8. The first-order chi connectivity index (χ1) is 10.1. The highest BCUT2D eigenvalue weighted by Crippen LogP contribution is 2.42. The summed E-state index contributed by atoms with van der Waals surface area (Å²) in [5.41, 5.74) is 0.691. The fourth-order valence-corrected chi connectivity index (χ4v) is 3.06. The molecule has 1 fully saturated rings. The van der Waals surface area contributed by atoms with Crippen LogP contribution in [-0.4, -0.2) is 32.7 Å². The zero-order valence-electron chi connectivity index (χ0n) is 13.2. The number of rotatable bonds is 6. The lowest BCUT2D eigenvalue weighted by Gasteiger charge is -2.29. The Hall–Kier alpha value is -1.55. The lowest BCUT2D eigenvalue weighted by atomic mass is 9.78. The Morgan fingerprint density at radius 1 is 1.38 bits per heavy atom. The molecule has 1 aromatic carbocycles. The quantitative estimate of drug-likeness (QED) is 0.845. The molecule has 1 saturated carbocycles. The second-order valence-electron chi connectivity index (χ2n) is 5.92. The van der Waals surface area contributed by atoms with Crippen LogP contribution in [0.1, 0.15) is 38.2 Å². The van der Waals surface area contributed by atoms with Crippen LogP contribution >= 0.6 is 0 Å². The SMILES string of the molecule is CNC(C)CNC(=O)C1(c2cccc(OC)c2)CCCC1. The molecule has 1 aliphatic carbocycles. The van der Waals surface area contributed by atoms with Gasteiger partial charge in [0.05, 0.1) is 12.5 Å². The molecule has 0 spiro atoms. The van der Waals surface area contributed by atoms with Crippen molar-refractivity contribution in [1.29, 1.82) is 0 Å². The third kappa shape index (κ3) is 3.38. The van der Waals surface area contributed by atoms with Gasteiger partial charge in [-0.2, -0.15) is 0 Å². The molecule has 0 aromatic heterocycles. The van der Waals surface area contributed by atoms with Gasteiger partial charge in [0, 0.05) is 12.6 Å². The highest BCUT2D eigenvalue weighted by atomic mass is 16.5. The van der Waals surface area contributed by atoms with E-state index >= 15 is 0 Å². The van der Waals surface area contributed by atoms with Gasteiger partial charge in [-0.25, -0.2) is 0 Å². The van der Waals surface area contributed by atoms with Crippen molar-refractivity contribution >= 4 is 5.91 Å². The minimum absolute atomic E-state index is 0.148. The largest absolute Gasteiger partial charge is 0.497 e. The predicted molar refractivity (Wildman–Crippen MR) is 84.7 cm³/mol. The molecule has 2 N–H and O–H groups in total. The number of amides is 1. The first-order valence-corrected chi connectivity index (χ1v) is 7.72. The second kappa shape index (κ2) is 6.94. The molecule has 0 saturated heterocycles. The highest BCUT2D eigenvalue weighted by molar-refractivity contribution is 5.88. The van der Waals surface area contributed by atoms with E-state index < -0.39 is 0 Å². The van der Waals surface area contributed by atoms with E-state index in [1.165, 1.54) is 0 Å². The molecule has 0 bridgehead atoms. The average molecular weight is 290 g/mol. The van der Waals surface area contributed by atoms with Crippen LogP contribution in [0.25, 0.3) is 0 Å². The van der Waals surface area contributed by atoms with Crippen molar-refractivity contribution in [3.63, 3.8) is 0 Å². The smallest absolute Gasteiger partial charge is 0.230 e. The number of nitrogens with one attached hydrogen (secondary N) is 2. The Balaban J connectivity index is 2.21. The van der Waals surface area contributed by atoms with Crippen LogP contribution in [0.4, 0.5) is 0 Å². The van der Waals surface area contributed by atoms with Crippen LogP contribution in [0.5, 0.6) is 5.75 Å². The molecule has 1 aliphatic rings. The highest BCUT2D eigenvalue weighted by Gasteiger charge is 2.42. The van der Waals surface area contributed by atoms with E-state index in [0.717, 1.165) is 37.0 Å². The van der Waals surface area contributed by atoms with Crippen LogP contribution in [0.15, 0.2) is 24.3 Å². The van der Waals surface area contributed by atoms with Crippen LogP contribution in [0, 0.1) is 0 Å².